The smallest absolute Gasteiger partial charge is 0.220 e. The molecule has 2 aliphatic carbocycles. The number of nitrogens with zero attached hydrogens (tertiary/aromatic N) is 2. The van der Waals surface area contributed by atoms with E-state index in [-0.39, 0.29) is 11.3 Å². The van der Waals surface area contributed by atoms with Crippen LogP contribution in [0.3, 0.4) is 0 Å². The zero-order valence-corrected chi connectivity index (χ0v) is 15.5. The van der Waals surface area contributed by atoms with Crippen LogP contribution in [0.2, 0.25) is 0 Å². The minimum atomic E-state index is 0.197. The van der Waals surface area contributed by atoms with Gasteiger partial charge in [0.25, 0.3) is 0 Å². The van der Waals surface area contributed by atoms with Crippen molar-refractivity contribution in [3.05, 3.63) is 17.0 Å². The molecule has 0 radical (unpaired) electrons. The number of nitrogens with one attached hydrogen (secondary N) is 1. The van der Waals surface area contributed by atoms with Crippen LogP contribution in [0, 0.1) is 30.6 Å². The van der Waals surface area contributed by atoms with E-state index in [1.54, 1.807) is 0 Å². The van der Waals surface area contributed by atoms with E-state index in [0.29, 0.717) is 17.9 Å². The maximum absolute atomic E-state index is 12.5. The van der Waals surface area contributed by atoms with Crippen molar-refractivity contribution in [1.29, 1.82) is 0 Å². The second-order valence-corrected chi connectivity index (χ2v) is 8.50. The van der Waals surface area contributed by atoms with Gasteiger partial charge < -0.3 is 5.32 Å². The fourth-order valence-corrected chi connectivity index (χ4v) is 5.11. The van der Waals surface area contributed by atoms with Gasteiger partial charge in [-0.25, -0.2) is 0 Å². The lowest BCUT2D eigenvalue weighted by Crippen LogP contribution is -2.46. The molecule has 1 aromatic rings. The molecule has 1 heterocycles. The molecule has 2 bridgehead atoms. The SMILES string of the molecule is Cc1nn(C)c(C)c1CCC(=O)NC1CC2CCC1(C)C2(C)C. The van der Waals surface area contributed by atoms with Crippen LogP contribution < -0.4 is 5.32 Å². The molecule has 0 aromatic carbocycles. The summed E-state index contributed by atoms with van der Waals surface area (Å²) in [4.78, 5) is 12.5. The maximum atomic E-state index is 12.5. The number of fused-ring (bicyclic) bond motifs is 2. The predicted octanol–water partition coefficient (Wildman–Crippen LogP) is 3.30. The second kappa shape index (κ2) is 5.35. The van der Waals surface area contributed by atoms with Gasteiger partial charge in [-0.15, -0.1) is 0 Å². The van der Waals surface area contributed by atoms with Crippen molar-refractivity contribution in [3.8, 4) is 0 Å². The Morgan fingerprint density at radius 2 is 2.04 bits per heavy atom. The first-order valence-electron chi connectivity index (χ1n) is 8.95. The molecular formula is C19H31N3O. The van der Waals surface area contributed by atoms with Crippen LogP contribution in [0.5, 0.6) is 0 Å². The Hall–Kier alpha value is -1.32. The van der Waals surface area contributed by atoms with Crippen LogP contribution in [-0.2, 0) is 18.3 Å². The van der Waals surface area contributed by atoms with Crippen molar-refractivity contribution < 1.29 is 4.79 Å². The molecule has 2 saturated carbocycles. The van der Waals surface area contributed by atoms with Gasteiger partial charge in [0.05, 0.1) is 5.69 Å². The quantitative estimate of drug-likeness (QED) is 0.926. The summed E-state index contributed by atoms with van der Waals surface area (Å²) < 4.78 is 1.90. The summed E-state index contributed by atoms with van der Waals surface area (Å²) in [5, 5.41) is 7.79. The first kappa shape index (κ1) is 16.5. The van der Waals surface area contributed by atoms with Crippen molar-refractivity contribution in [1.82, 2.24) is 15.1 Å². The molecule has 128 valence electrons. The molecule has 1 N–H and O–H groups in total. The third-order valence-electron chi connectivity index (χ3n) is 7.39. The van der Waals surface area contributed by atoms with E-state index in [1.165, 1.54) is 24.1 Å². The van der Waals surface area contributed by atoms with Gasteiger partial charge in [-0.1, -0.05) is 20.8 Å². The molecule has 23 heavy (non-hydrogen) atoms. The Kier molecular flexibility index (Phi) is 3.85. The Labute approximate surface area is 140 Å². The molecule has 0 saturated heterocycles. The Morgan fingerprint density at radius 3 is 2.52 bits per heavy atom. The predicted molar refractivity (Wildman–Crippen MR) is 92.2 cm³/mol. The topological polar surface area (TPSA) is 46.9 Å². The molecule has 2 aliphatic rings. The number of hydrogen-bond acceptors (Lipinski definition) is 2. The van der Waals surface area contributed by atoms with Crippen molar-refractivity contribution >= 4 is 5.91 Å². The number of rotatable bonds is 4. The van der Waals surface area contributed by atoms with Gasteiger partial charge in [0.15, 0.2) is 0 Å². The van der Waals surface area contributed by atoms with Gasteiger partial charge in [-0.05, 0) is 61.8 Å². The Bertz CT molecular complexity index is 631. The van der Waals surface area contributed by atoms with Gasteiger partial charge in [0.1, 0.15) is 0 Å². The highest BCUT2D eigenvalue weighted by atomic mass is 16.1. The van der Waals surface area contributed by atoms with E-state index < -0.39 is 0 Å². The highest BCUT2D eigenvalue weighted by molar-refractivity contribution is 5.76. The summed E-state index contributed by atoms with van der Waals surface area (Å²) >= 11 is 0. The first-order valence-corrected chi connectivity index (χ1v) is 8.95. The van der Waals surface area contributed by atoms with Crippen LogP contribution in [0.4, 0.5) is 0 Å². The van der Waals surface area contributed by atoms with Gasteiger partial charge >= 0.3 is 0 Å². The molecule has 2 fully saturated rings. The minimum absolute atomic E-state index is 0.197. The van der Waals surface area contributed by atoms with Crippen LogP contribution in [0.15, 0.2) is 0 Å². The number of hydrogen-bond donors (Lipinski definition) is 1. The minimum Gasteiger partial charge on any atom is -0.353 e. The fraction of sp³-hybridized carbons (Fsp3) is 0.789. The van der Waals surface area contributed by atoms with E-state index in [0.717, 1.165) is 24.5 Å². The zero-order chi connectivity index (χ0) is 17.0. The van der Waals surface area contributed by atoms with E-state index in [2.05, 4.69) is 38.1 Å². The summed E-state index contributed by atoms with van der Waals surface area (Å²) in [6.07, 6.45) is 5.07. The summed E-state index contributed by atoms with van der Waals surface area (Å²) in [6, 6.07) is 0.347. The van der Waals surface area contributed by atoms with Gasteiger partial charge in [0, 0.05) is 25.2 Å². The fourth-order valence-electron chi connectivity index (χ4n) is 5.11. The van der Waals surface area contributed by atoms with E-state index in [9.17, 15) is 4.79 Å². The summed E-state index contributed by atoms with van der Waals surface area (Å²) in [6.45, 7) is 11.3. The third kappa shape index (κ3) is 2.41. The number of aryl methyl sites for hydroxylation is 2. The van der Waals surface area contributed by atoms with Gasteiger partial charge in [0.2, 0.25) is 5.91 Å². The van der Waals surface area contributed by atoms with Crippen molar-refractivity contribution in [2.75, 3.05) is 0 Å². The van der Waals surface area contributed by atoms with Crippen LogP contribution in [0.1, 0.15) is 63.4 Å². The summed E-state index contributed by atoms with van der Waals surface area (Å²) in [7, 11) is 1.96. The van der Waals surface area contributed by atoms with Crippen LogP contribution in [0.25, 0.3) is 0 Å². The highest BCUT2D eigenvalue weighted by Gasteiger charge is 2.61. The molecule has 4 heteroatoms. The molecule has 1 aromatic heterocycles. The molecule has 1 amide bonds. The monoisotopic (exact) mass is 317 g/mol. The molecule has 4 nitrogen and oxygen atoms in total. The standard InChI is InChI=1S/C19H31N3O/c1-12-15(13(2)22(6)21-12)7-8-17(23)20-16-11-14-9-10-19(16,5)18(14,3)4/h14,16H,7-11H2,1-6H3,(H,20,23). The molecule has 0 aliphatic heterocycles. The third-order valence-corrected chi connectivity index (χ3v) is 7.39. The lowest BCUT2D eigenvalue weighted by molar-refractivity contribution is -0.122. The number of carbonyl (C=O) groups is 1. The molecule has 3 atom stereocenters. The zero-order valence-electron chi connectivity index (χ0n) is 15.5. The maximum Gasteiger partial charge on any atom is 0.220 e. The van der Waals surface area contributed by atoms with E-state index in [1.807, 2.05) is 18.7 Å². The lowest BCUT2D eigenvalue weighted by atomic mass is 9.69. The molecule has 3 rings (SSSR count). The lowest BCUT2D eigenvalue weighted by Gasteiger charge is -2.39. The van der Waals surface area contributed by atoms with Crippen LogP contribution in [-0.4, -0.2) is 21.7 Å². The van der Waals surface area contributed by atoms with Crippen molar-refractivity contribution in [2.24, 2.45) is 23.8 Å². The average Bonchev–Trinajstić information content (AvgIpc) is 2.91. The Balaban J connectivity index is 1.61. The number of carbonyl (C=O) groups excluding carboxylic acids is 1. The van der Waals surface area contributed by atoms with E-state index in [4.69, 9.17) is 0 Å². The Morgan fingerprint density at radius 1 is 1.35 bits per heavy atom. The largest absolute Gasteiger partial charge is 0.353 e. The molecule has 3 unspecified atom stereocenters. The number of aromatic nitrogens is 2. The first-order chi connectivity index (χ1) is 10.7. The number of amides is 1. The van der Waals surface area contributed by atoms with Crippen LogP contribution >= 0.6 is 0 Å². The summed E-state index contributed by atoms with van der Waals surface area (Å²) in [5.74, 6) is 0.961. The van der Waals surface area contributed by atoms with Gasteiger partial charge in [-0.2, -0.15) is 5.10 Å². The molecular weight excluding hydrogens is 286 g/mol. The summed E-state index contributed by atoms with van der Waals surface area (Å²) in [5.41, 5.74) is 4.05. The molecule has 0 spiro atoms. The average molecular weight is 317 g/mol. The highest BCUT2D eigenvalue weighted by Crippen LogP contribution is 2.65. The normalized spacial score (nSPS) is 31.6. The van der Waals surface area contributed by atoms with E-state index >= 15 is 0 Å². The second-order valence-electron chi connectivity index (χ2n) is 8.50. The van der Waals surface area contributed by atoms with Crippen molar-refractivity contribution in [3.63, 3.8) is 0 Å². The van der Waals surface area contributed by atoms with Crippen molar-refractivity contribution in [2.45, 2.75) is 72.8 Å². The van der Waals surface area contributed by atoms with Gasteiger partial charge in [-0.3, -0.25) is 9.48 Å².